The maximum atomic E-state index is 12.0. The van der Waals surface area contributed by atoms with Gasteiger partial charge in [-0.3, -0.25) is 4.79 Å². The second kappa shape index (κ2) is 7.44. The first-order valence-electron chi connectivity index (χ1n) is 7.16. The Kier molecular flexibility index (Phi) is 5.35. The Hall–Kier alpha value is -2.83. The van der Waals surface area contributed by atoms with Crippen LogP contribution in [0.15, 0.2) is 30.3 Å². The zero-order valence-corrected chi connectivity index (χ0v) is 13.4. The summed E-state index contributed by atoms with van der Waals surface area (Å²) in [5.74, 6) is 1.13. The number of aromatic hydroxyl groups is 1. The number of nitrogens with one attached hydrogen (secondary N) is 1. The summed E-state index contributed by atoms with van der Waals surface area (Å²) >= 11 is 0. The quantitative estimate of drug-likeness (QED) is 0.833. The standard InChI is InChI=1S/C16H20N4O3/c1-20(2)15-7-6-13(18-19-15)16(22)17-9-8-11-4-5-12(23-3)10-14(11)21/h4-7,10,21H,8-9H2,1-3H3,(H,17,22). The summed E-state index contributed by atoms with van der Waals surface area (Å²) in [7, 11) is 5.24. The summed E-state index contributed by atoms with van der Waals surface area (Å²) in [5.41, 5.74) is 0.995. The monoisotopic (exact) mass is 316 g/mol. The molecule has 0 fully saturated rings. The van der Waals surface area contributed by atoms with Gasteiger partial charge in [-0.15, -0.1) is 10.2 Å². The Morgan fingerprint density at radius 3 is 2.61 bits per heavy atom. The van der Waals surface area contributed by atoms with E-state index in [1.54, 1.807) is 35.2 Å². The van der Waals surface area contributed by atoms with E-state index < -0.39 is 0 Å². The summed E-state index contributed by atoms with van der Waals surface area (Å²) in [6.07, 6.45) is 0.505. The van der Waals surface area contributed by atoms with Gasteiger partial charge in [0.25, 0.3) is 5.91 Å². The van der Waals surface area contributed by atoms with Crippen molar-refractivity contribution in [1.82, 2.24) is 15.5 Å². The Bertz CT molecular complexity index is 672. The van der Waals surface area contributed by atoms with Crippen molar-refractivity contribution in [1.29, 1.82) is 0 Å². The van der Waals surface area contributed by atoms with E-state index in [0.717, 1.165) is 5.56 Å². The lowest BCUT2D eigenvalue weighted by Gasteiger charge is -2.10. The first-order chi connectivity index (χ1) is 11.0. The number of ether oxygens (including phenoxy) is 1. The van der Waals surface area contributed by atoms with Gasteiger partial charge in [0.15, 0.2) is 11.5 Å². The van der Waals surface area contributed by atoms with Gasteiger partial charge >= 0.3 is 0 Å². The minimum absolute atomic E-state index is 0.147. The average Bonchev–Trinajstić information content (AvgIpc) is 2.56. The van der Waals surface area contributed by atoms with E-state index in [-0.39, 0.29) is 17.4 Å². The first kappa shape index (κ1) is 16.5. The predicted molar refractivity (Wildman–Crippen MR) is 87.1 cm³/mol. The molecule has 0 spiro atoms. The molecule has 7 nitrogen and oxygen atoms in total. The summed E-state index contributed by atoms with van der Waals surface area (Å²) in [6, 6.07) is 8.44. The highest BCUT2D eigenvalue weighted by Gasteiger charge is 2.09. The number of rotatable bonds is 6. The van der Waals surface area contributed by atoms with Crippen molar-refractivity contribution in [3.05, 3.63) is 41.6 Å². The van der Waals surface area contributed by atoms with Crippen LogP contribution < -0.4 is 15.0 Å². The molecule has 23 heavy (non-hydrogen) atoms. The number of amides is 1. The summed E-state index contributed by atoms with van der Waals surface area (Å²) in [6.45, 7) is 0.385. The topological polar surface area (TPSA) is 87.6 Å². The maximum absolute atomic E-state index is 12.0. The van der Waals surface area contributed by atoms with Crippen molar-refractivity contribution in [3.8, 4) is 11.5 Å². The van der Waals surface area contributed by atoms with E-state index in [1.807, 2.05) is 14.1 Å². The highest BCUT2D eigenvalue weighted by molar-refractivity contribution is 5.92. The zero-order valence-electron chi connectivity index (χ0n) is 13.4. The molecule has 0 radical (unpaired) electrons. The van der Waals surface area contributed by atoms with Crippen LogP contribution in [-0.2, 0) is 6.42 Å². The van der Waals surface area contributed by atoms with Gasteiger partial charge < -0.3 is 20.1 Å². The van der Waals surface area contributed by atoms with Gasteiger partial charge in [0.1, 0.15) is 11.5 Å². The van der Waals surface area contributed by atoms with E-state index in [9.17, 15) is 9.90 Å². The van der Waals surface area contributed by atoms with Gasteiger partial charge in [-0.25, -0.2) is 0 Å². The molecule has 0 bridgehead atoms. The molecule has 1 aromatic heterocycles. The molecule has 0 aliphatic carbocycles. The van der Waals surface area contributed by atoms with E-state index in [0.29, 0.717) is 24.5 Å². The van der Waals surface area contributed by atoms with Crippen molar-refractivity contribution >= 4 is 11.7 Å². The van der Waals surface area contributed by atoms with Crippen molar-refractivity contribution in [2.45, 2.75) is 6.42 Å². The first-order valence-corrected chi connectivity index (χ1v) is 7.16. The number of phenolic OH excluding ortho intramolecular Hbond substituents is 1. The van der Waals surface area contributed by atoms with Crippen LogP contribution in [0.4, 0.5) is 5.82 Å². The third-order valence-corrected chi connectivity index (χ3v) is 3.31. The van der Waals surface area contributed by atoms with Crippen LogP contribution in [0.2, 0.25) is 0 Å². The van der Waals surface area contributed by atoms with Crippen molar-refractivity contribution in [2.24, 2.45) is 0 Å². The fourth-order valence-electron chi connectivity index (χ4n) is 1.97. The summed E-state index contributed by atoms with van der Waals surface area (Å²) < 4.78 is 5.03. The van der Waals surface area contributed by atoms with Crippen molar-refractivity contribution < 1.29 is 14.6 Å². The third-order valence-electron chi connectivity index (χ3n) is 3.31. The minimum atomic E-state index is -0.296. The molecule has 2 rings (SSSR count). The Morgan fingerprint density at radius 1 is 1.26 bits per heavy atom. The summed E-state index contributed by atoms with van der Waals surface area (Å²) in [4.78, 5) is 13.8. The molecule has 1 heterocycles. The zero-order chi connectivity index (χ0) is 16.8. The molecule has 0 atom stereocenters. The van der Waals surface area contributed by atoms with E-state index >= 15 is 0 Å². The summed E-state index contributed by atoms with van der Waals surface area (Å²) in [5, 5.41) is 20.5. The highest BCUT2D eigenvalue weighted by atomic mass is 16.5. The van der Waals surface area contributed by atoms with Gasteiger partial charge in [0.2, 0.25) is 0 Å². The molecule has 2 N–H and O–H groups in total. The molecular weight excluding hydrogens is 296 g/mol. The predicted octanol–water partition coefficient (Wildman–Crippen LogP) is 1.23. The van der Waals surface area contributed by atoms with Crippen LogP contribution in [0, 0.1) is 0 Å². The van der Waals surface area contributed by atoms with Gasteiger partial charge in [0.05, 0.1) is 7.11 Å². The van der Waals surface area contributed by atoms with Gasteiger partial charge in [-0.05, 0) is 30.2 Å². The molecule has 0 aliphatic rings. The number of carbonyl (C=O) groups excluding carboxylic acids is 1. The van der Waals surface area contributed by atoms with Crippen LogP contribution in [0.3, 0.4) is 0 Å². The lowest BCUT2D eigenvalue weighted by Crippen LogP contribution is -2.27. The van der Waals surface area contributed by atoms with E-state index in [4.69, 9.17) is 4.74 Å². The molecule has 2 aromatic rings. The SMILES string of the molecule is COc1ccc(CCNC(=O)c2ccc(N(C)C)nn2)c(O)c1. The largest absolute Gasteiger partial charge is 0.508 e. The van der Waals surface area contributed by atoms with Crippen LogP contribution in [0.5, 0.6) is 11.5 Å². The average molecular weight is 316 g/mol. The Labute approximate surface area is 134 Å². The lowest BCUT2D eigenvalue weighted by molar-refractivity contribution is 0.0948. The molecule has 0 aliphatic heterocycles. The second-order valence-electron chi connectivity index (χ2n) is 5.17. The fourth-order valence-corrected chi connectivity index (χ4v) is 1.97. The van der Waals surface area contributed by atoms with Crippen LogP contribution >= 0.6 is 0 Å². The molecule has 1 amide bonds. The normalized spacial score (nSPS) is 10.2. The number of nitrogens with zero attached hydrogens (tertiary/aromatic N) is 3. The third kappa shape index (κ3) is 4.32. The Balaban J connectivity index is 1.89. The molecule has 122 valence electrons. The molecule has 0 unspecified atom stereocenters. The number of methoxy groups -OCH3 is 1. The van der Waals surface area contributed by atoms with Crippen LogP contribution in [0.1, 0.15) is 16.1 Å². The number of benzene rings is 1. The molecule has 0 saturated heterocycles. The Morgan fingerprint density at radius 2 is 2.04 bits per heavy atom. The van der Waals surface area contributed by atoms with Gasteiger partial charge in [0, 0.05) is 26.7 Å². The van der Waals surface area contributed by atoms with E-state index in [2.05, 4.69) is 15.5 Å². The van der Waals surface area contributed by atoms with Crippen LogP contribution in [0.25, 0.3) is 0 Å². The number of hydrogen-bond donors (Lipinski definition) is 2. The number of anilines is 1. The molecule has 1 aromatic carbocycles. The molecule has 0 saturated carbocycles. The molecular formula is C16H20N4O3. The number of phenols is 1. The van der Waals surface area contributed by atoms with Gasteiger partial charge in [-0.2, -0.15) is 0 Å². The highest BCUT2D eigenvalue weighted by Crippen LogP contribution is 2.23. The van der Waals surface area contributed by atoms with Gasteiger partial charge in [-0.1, -0.05) is 6.07 Å². The molecule has 7 heteroatoms. The smallest absolute Gasteiger partial charge is 0.271 e. The number of aromatic nitrogens is 2. The maximum Gasteiger partial charge on any atom is 0.271 e. The van der Waals surface area contributed by atoms with Crippen molar-refractivity contribution in [2.75, 3.05) is 32.6 Å². The fraction of sp³-hybridized carbons (Fsp3) is 0.312. The number of hydrogen-bond acceptors (Lipinski definition) is 6. The lowest BCUT2D eigenvalue weighted by atomic mass is 10.1. The minimum Gasteiger partial charge on any atom is -0.508 e. The number of carbonyl (C=O) groups is 1. The van der Waals surface area contributed by atoms with Crippen molar-refractivity contribution in [3.63, 3.8) is 0 Å². The second-order valence-corrected chi connectivity index (χ2v) is 5.17. The van der Waals surface area contributed by atoms with E-state index in [1.165, 1.54) is 7.11 Å². The van der Waals surface area contributed by atoms with Crippen LogP contribution in [-0.4, -0.2) is 49.0 Å².